The predicted molar refractivity (Wildman–Crippen MR) is 101 cm³/mol. The molecule has 2 aromatic carbocycles. The zero-order chi connectivity index (χ0) is 18.1. The molecule has 0 saturated heterocycles. The highest BCUT2D eigenvalue weighted by Crippen LogP contribution is 2.30. The van der Waals surface area contributed by atoms with Crippen LogP contribution in [0.4, 0.5) is 0 Å². The van der Waals surface area contributed by atoms with E-state index in [1.54, 1.807) is 36.4 Å². The first-order chi connectivity index (χ1) is 12.1. The maximum Gasteiger partial charge on any atom is 0.658 e. The molecule has 4 nitrogen and oxygen atoms in total. The number of rotatable bonds is 10. The Bertz CT molecular complexity index is 625. The van der Waals surface area contributed by atoms with Gasteiger partial charge in [-0.05, 0) is 37.1 Å². The van der Waals surface area contributed by atoms with E-state index in [0.717, 1.165) is 12.8 Å². The van der Waals surface area contributed by atoms with Crippen molar-refractivity contribution >= 4 is 30.9 Å². The van der Waals surface area contributed by atoms with Crippen LogP contribution in [0.25, 0.3) is 0 Å². The van der Waals surface area contributed by atoms with E-state index in [0.29, 0.717) is 46.3 Å². The van der Waals surface area contributed by atoms with E-state index in [9.17, 15) is 0 Å². The summed E-state index contributed by atoms with van der Waals surface area (Å²) >= 11 is 12.3. The van der Waals surface area contributed by atoms with Gasteiger partial charge in [0.25, 0.3) is 0 Å². The molecule has 0 atom stereocenters. The van der Waals surface area contributed by atoms with Crippen molar-refractivity contribution in [3.63, 3.8) is 0 Å². The van der Waals surface area contributed by atoms with Crippen LogP contribution in [0.5, 0.6) is 23.0 Å². The zero-order valence-corrected chi connectivity index (χ0v) is 15.8. The number of hydrogen-bond donors (Lipinski definition) is 0. The van der Waals surface area contributed by atoms with Crippen LogP contribution in [-0.4, -0.2) is 20.9 Å². The molecule has 0 aliphatic rings. The molecule has 0 amide bonds. The van der Waals surface area contributed by atoms with Crippen LogP contribution in [0.3, 0.4) is 0 Å². The molecule has 0 aliphatic carbocycles. The molecular formula is C18H20BCl2O4. The average molecular weight is 382 g/mol. The van der Waals surface area contributed by atoms with Crippen molar-refractivity contribution < 1.29 is 18.8 Å². The van der Waals surface area contributed by atoms with E-state index >= 15 is 0 Å². The molecule has 0 aromatic heterocycles. The van der Waals surface area contributed by atoms with Crippen molar-refractivity contribution in [1.82, 2.24) is 0 Å². The average Bonchev–Trinajstić information content (AvgIpc) is 2.60. The van der Waals surface area contributed by atoms with Crippen molar-refractivity contribution in [2.24, 2.45) is 0 Å². The Kier molecular flexibility index (Phi) is 8.09. The van der Waals surface area contributed by atoms with Crippen molar-refractivity contribution in [2.75, 3.05) is 13.2 Å². The van der Waals surface area contributed by atoms with Crippen LogP contribution in [0.2, 0.25) is 10.0 Å². The molecule has 2 rings (SSSR count). The van der Waals surface area contributed by atoms with Gasteiger partial charge >= 0.3 is 7.69 Å². The summed E-state index contributed by atoms with van der Waals surface area (Å²) in [6.45, 7) is 5.31. The minimum atomic E-state index is 0.486. The van der Waals surface area contributed by atoms with Crippen molar-refractivity contribution in [3.05, 3.63) is 46.4 Å². The molecule has 1 radical (unpaired) electrons. The van der Waals surface area contributed by atoms with E-state index in [2.05, 4.69) is 0 Å². The van der Waals surface area contributed by atoms with Gasteiger partial charge in [-0.2, -0.15) is 0 Å². The third-order valence-corrected chi connectivity index (χ3v) is 3.69. The molecule has 2 aromatic rings. The summed E-state index contributed by atoms with van der Waals surface area (Å²) in [7, 11) is 1.22. The number of ether oxygens (including phenoxy) is 2. The molecule has 0 fully saturated rings. The summed E-state index contributed by atoms with van der Waals surface area (Å²) in [5.74, 6) is 2.35. The Hall–Kier alpha value is -1.72. The second-order valence-corrected chi connectivity index (χ2v) is 6.03. The highest BCUT2D eigenvalue weighted by Gasteiger charge is 2.08. The third-order valence-electron chi connectivity index (χ3n) is 3.10. The lowest BCUT2D eigenvalue weighted by Gasteiger charge is -2.11. The van der Waals surface area contributed by atoms with Crippen molar-refractivity contribution in [3.8, 4) is 23.0 Å². The first-order valence-electron chi connectivity index (χ1n) is 8.13. The topological polar surface area (TPSA) is 36.9 Å². The molecule has 0 saturated carbocycles. The van der Waals surface area contributed by atoms with Gasteiger partial charge in [0, 0.05) is 12.1 Å². The van der Waals surface area contributed by atoms with Gasteiger partial charge in [0.15, 0.2) is 0 Å². The fourth-order valence-corrected chi connectivity index (χ4v) is 2.35. The fraction of sp³-hybridized carbons (Fsp3) is 0.333. The summed E-state index contributed by atoms with van der Waals surface area (Å²) in [4.78, 5) is 0. The first kappa shape index (κ1) is 19.6. The number of benzene rings is 2. The monoisotopic (exact) mass is 381 g/mol. The van der Waals surface area contributed by atoms with Crippen molar-refractivity contribution in [1.29, 1.82) is 0 Å². The standard InChI is InChI=1S/C18H20BCl2O4/c1-3-9-22-17-7-5-13(11-15(17)20)24-19-25-14-6-8-18(16(21)12-14)23-10-4-2/h5-8,11-12H,3-4,9-10H2,1-2H3. The lowest BCUT2D eigenvalue weighted by atomic mass is 10.2. The maximum absolute atomic E-state index is 6.15. The van der Waals surface area contributed by atoms with E-state index in [-0.39, 0.29) is 0 Å². The Morgan fingerprint density at radius 2 is 1.20 bits per heavy atom. The van der Waals surface area contributed by atoms with Gasteiger partial charge in [-0.1, -0.05) is 37.0 Å². The highest BCUT2D eigenvalue weighted by molar-refractivity contribution is 6.32. The summed E-state index contributed by atoms with van der Waals surface area (Å²) in [6.07, 6.45) is 1.84. The van der Waals surface area contributed by atoms with Crippen molar-refractivity contribution in [2.45, 2.75) is 26.7 Å². The highest BCUT2D eigenvalue weighted by atomic mass is 35.5. The van der Waals surface area contributed by atoms with E-state index in [1.807, 2.05) is 13.8 Å². The van der Waals surface area contributed by atoms with E-state index in [4.69, 9.17) is 42.0 Å². The van der Waals surface area contributed by atoms with Crippen LogP contribution in [-0.2, 0) is 0 Å². The first-order valence-corrected chi connectivity index (χ1v) is 8.89. The summed E-state index contributed by atoms with van der Waals surface area (Å²) in [6, 6.07) is 10.4. The normalized spacial score (nSPS) is 10.2. The molecule has 7 heteroatoms. The molecule has 0 unspecified atom stereocenters. The second kappa shape index (κ2) is 10.3. The molecule has 133 valence electrons. The maximum atomic E-state index is 6.15. The van der Waals surface area contributed by atoms with Gasteiger partial charge in [-0.3, -0.25) is 0 Å². The Labute approximate surface area is 159 Å². The summed E-state index contributed by atoms with van der Waals surface area (Å²) < 4.78 is 21.9. The van der Waals surface area contributed by atoms with Crippen LogP contribution >= 0.6 is 23.2 Å². The number of halogens is 2. The SMILES string of the molecule is CCCOc1ccc(O[B]Oc2ccc(OCCC)c(Cl)c2)cc1Cl. The Balaban J connectivity index is 1.86. The molecule has 0 spiro atoms. The number of hydrogen-bond acceptors (Lipinski definition) is 4. The minimum Gasteiger partial charge on any atom is -0.526 e. The van der Waals surface area contributed by atoms with E-state index in [1.165, 1.54) is 7.69 Å². The van der Waals surface area contributed by atoms with Crippen LogP contribution in [0, 0.1) is 0 Å². The minimum absolute atomic E-state index is 0.486. The second-order valence-electron chi connectivity index (χ2n) is 5.21. The van der Waals surface area contributed by atoms with Gasteiger partial charge in [0.05, 0.1) is 23.3 Å². The molecule has 0 bridgehead atoms. The smallest absolute Gasteiger partial charge is 0.526 e. The fourth-order valence-electron chi connectivity index (χ4n) is 1.90. The van der Waals surface area contributed by atoms with Crippen LogP contribution < -0.4 is 18.8 Å². The van der Waals surface area contributed by atoms with Gasteiger partial charge in [0.2, 0.25) is 0 Å². The largest absolute Gasteiger partial charge is 0.658 e. The Morgan fingerprint density at radius 3 is 1.56 bits per heavy atom. The van der Waals surface area contributed by atoms with Crippen LogP contribution in [0.15, 0.2) is 36.4 Å². The van der Waals surface area contributed by atoms with Gasteiger partial charge < -0.3 is 18.8 Å². The van der Waals surface area contributed by atoms with E-state index < -0.39 is 0 Å². The molecule has 0 heterocycles. The van der Waals surface area contributed by atoms with Gasteiger partial charge in [-0.15, -0.1) is 0 Å². The van der Waals surface area contributed by atoms with Gasteiger partial charge in [-0.25, -0.2) is 0 Å². The molecule has 0 N–H and O–H groups in total. The lowest BCUT2D eigenvalue weighted by Crippen LogP contribution is -2.11. The summed E-state index contributed by atoms with van der Waals surface area (Å²) in [5.41, 5.74) is 0. The van der Waals surface area contributed by atoms with Crippen LogP contribution in [0.1, 0.15) is 26.7 Å². The zero-order valence-electron chi connectivity index (χ0n) is 14.3. The molecular weight excluding hydrogens is 362 g/mol. The van der Waals surface area contributed by atoms with Gasteiger partial charge in [0.1, 0.15) is 23.0 Å². The Morgan fingerprint density at radius 1 is 0.760 bits per heavy atom. The predicted octanol–water partition coefficient (Wildman–Crippen LogP) is 5.56. The third kappa shape index (κ3) is 6.26. The lowest BCUT2D eigenvalue weighted by molar-refractivity contribution is 0.317. The quantitative estimate of drug-likeness (QED) is 0.504. The molecule has 0 aliphatic heterocycles. The summed E-state index contributed by atoms with van der Waals surface area (Å²) in [5, 5.41) is 0.972. The molecule has 25 heavy (non-hydrogen) atoms.